The normalized spacial score (nSPS) is 19.7. The average molecular weight is 385 g/mol. The van der Waals surface area contributed by atoms with E-state index in [1.54, 1.807) is 0 Å². The summed E-state index contributed by atoms with van der Waals surface area (Å²) in [5.41, 5.74) is 0. The van der Waals surface area contributed by atoms with E-state index in [1.807, 2.05) is 0 Å². The zero-order valence-corrected chi connectivity index (χ0v) is 14.7. The second-order valence-electron chi connectivity index (χ2n) is 6.69. The Balaban J connectivity index is 1.64. The predicted molar refractivity (Wildman–Crippen MR) is 88.2 cm³/mol. The lowest BCUT2D eigenvalue weighted by atomic mass is 9.86. The molecule has 1 aliphatic carbocycles. The number of benzene rings is 1. The van der Waals surface area contributed by atoms with Gasteiger partial charge < -0.3 is 14.5 Å². The van der Waals surface area contributed by atoms with Gasteiger partial charge in [-0.05, 0) is 30.9 Å². The number of carbonyl (C=O) groups excluding carboxylic acids is 1. The maximum Gasteiger partial charge on any atom is 0.287 e. The van der Waals surface area contributed by atoms with E-state index in [2.05, 4.69) is 12.2 Å². The fourth-order valence-electron chi connectivity index (χ4n) is 3.17. The van der Waals surface area contributed by atoms with Crippen molar-refractivity contribution in [1.82, 2.24) is 5.32 Å². The van der Waals surface area contributed by atoms with Gasteiger partial charge in [0.05, 0.1) is 0 Å². The monoisotopic (exact) mass is 385 g/mol. The molecule has 2 atom stereocenters. The SMILES string of the molecule is C[C@@H]1CCCC[C@H]1NC(=O)c1ccc(COc2c(F)c(F)cc(F)c2F)o1. The molecule has 0 unspecified atom stereocenters. The topological polar surface area (TPSA) is 51.5 Å². The molecule has 1 fully saturated rings. The fourth-order valence-corrected chi connectivity index (χ4v) is 3.17. The standard InChI is InChI=1S/C19H19F4NO3/c1-10-4-2-3-5-14(10)24-19(25)15-7-6-11(27-15)9-26-18-16(22)12(20)8-13(21)17(18)23/h6-8,10,14H,2-5,9H2,1H3,(H,24,25)/t10-,14-/m1/s1. The van der Waals surface area contributed by atoms with Crippen molar-refractivity contribution in [2.45, 2.75) is 45.3 Å². The van der Waals surface area contributed by atoms with Crippen molar-refractivity contribution in [1.29, 1.82) is 0 Å². The van der Waals surface area contributed by atoms with E-state index in [9.17, 15) is 22.4 Å². The Bertz CT molecular complexity index is 810. The van der Waals surface area contributed by atoms with Gasteiger partial charge in [-0.15, -0.1) is 0 Å². The van der Waals surface area contributed by atoms with Crippen LogP contribution in [0.25, 0.3) is 0 Å². The van der Waals surface area contributed by atoms with E-state index in [1.165, 1.54) is 12.1 Å². The summed E-state index contributed by atoms with van der Waals surface area (Å²) in [6, 6.07) is 2.96. The van der Waals surface area contributed by atoms with Crippen LogP contribution in [0.4, 0.5) is 17.6 Å². The van der Waals surface area contributed by atoms with Crippen molar-refractivity contribution in [2.24, 2.45) is 5.92 Å². The van der Waals surface area contributed by atoms with Crippen molar-refractivity contribution in [3.8, 4) is 5.75 Å². The first-order chi connectivity index (χ1) is 12.9. The minimum absolute atomic E-state index is 0.0257. The molecule has 4 nitrogen and oxygen atoms in total. The molecule has 1 amide bonds. The molecule has 1 aromatic carbocycles. The maximum absolute atomic E-state index is 13.6. The molecule has 1 heterocycles. The third-order valence-electron chi connectivity index (χ3n) is 4.74. The summed E-state index contributed by atoms with van der Waals surface area (Å²) in [6.07, 6.45) is 4.13. The molecular weight excluding hydrogens is 366 g/mol. The van der Waals surface area contributed by atoms with Crippen molar-refractivity contribution in [3.05, 3.63) is 53.0 Å². The van der Waals surface area contributed by atoms with Crippen LogP contribution in [0.1, 0.15) is 48.9 Å². The summed E-state index contributed by atoms with van der Waals surface area (Å²) >= 11 is 0. The molecule has 0 bridgehead atoms. The van der Waals surface area contributed by atoms with Crippen molar-refractivity contribution >= 4 is 5.91 Å². The number of furan rings is 1. The number of hydrogen-bond acceptors (Lipinski definition) is 3. The molecule has 3 rings (SSSR count). The minimum atomic E-state index is -1.63. The van der Waals surface area contributed by atoms with E-state index in [0.717, 1.165) is 25.7 Å². The van der Waals surface area contributed by atoms with Crippen molar-refractivity contribution < 1.29 is 31.5 Å². The summed E-state index contributed by atoms with van der Waals surface area (Å²) in [5.74, 6) is -7.49. The Hall–Kier alpha value is -2.51. The van der Waals surface area contributed by atoms with Gasteiger partial charge in [0, 0.05) is 12.1 Å². The van der Waals surface area contributed by atoms with E-state index in [0.29, 0.717) is 5.92 Å². The zero-order valence-electron chi connectivity index (χ0n) is 14.7. The second-order valence-corrected chi connectivity index (χ2v) is 6.69. The van der Waals surface area contributed by atoms with Crippen LogP contribution in [-0.4, -0.2) is 11.9 Å². The van der Waals surface area contributed by atoms with Crippen LogP contribution in [0.3, 0.4) is 0 Å². The number of carbonyl (C=O) groups is 1. The Morgan fingerprint density at radius 3 is 2.48 bits per heavy atom. The molecule has 0 spiro atoms. The smallest absolute Gasteiger partial charge is 0.287 e. The Kier molecular flexibility index (Phi) is 5.72. The van der Waals surface area contributed by atoms with Gasteiger partial charge in [-0.2, -0.15) is 8.78 Å². The first-order valence-electron chi connectivity index (χ1n) is 8.72. The number of rotatable bonds is 5. The molecule has 8 heteroatoms. The van der Waals surface area contributed by atoms with Crippen LogP contribution < -0.4 is 10.1 Å². The first kappa shape index (κ1) is 19.3. The summed E-state index contributed by atoms with van der Waals surface area (Å²) in [5, 5.41) is 2.91. The van der Waals surface area contributed by atoms with Crippen LogP contribution in [0, 0.1) is 29.2 Å². The van der Waals surface area contributed by atoms with Crippen LogP contribution in [0.2, 0.25) is 0 Å². The van der Waals surface area contributed by atoms with E-state index in [4.69, 9.17) is 9.15 Å². The average Bonchev–Trinajstić information content (AvgIpc) is 3.11. The quantitative estimate of drug-likeness (QED) is 0.598. The Morgan fingerprint density at radius 1 is 1.15 bits per heavy atom. The second kappa shape index (κ2) is 8.02. The number of nitrogens with one attached hydrogen (secondary N) is 1. The molecule has 27 heavy (non-hydrogen) atoms. The van der Waals surface area contributed by atoms with Crippen molar-refractivity contribution in [3.63, 3.8) is 0 Å². The predicted octanol–water partition coefficient (Wildman–Crippen LogP) is 4.72. The van der Waals surface area contributed by atoms with Gasteiger partial charge in [-0.1, -0.05) is 19.8 Å². The molecule has 1 aliphatic rings. The van der Waals surface area contributed by atoms with E-state index >= 15 is 0 Å². The van der Waals surface area contributed by atoms with Gasteiger partial charge in [0.2, 0.25) is 11.6 Å². The summed E-state index contributed by atoms with van der Waals surface area (Å²) in [7, 11) is 0. The molecule has 1 saturated carbocycles. The van der Waals surface area contributed by atoms with E-state index in [-0.39, 0.29) is 23.6 Å². The van der Waals surface area contributed by atoms with Crippen molar-refractivity contribution in [2.75, 3.05) is 0 Å². The third-order valence-corrected chi connectivity index (χ3v) is 4.74. The number of hydrogen-bond donors (Lipinski definition) is 1. The number of amides is 1. The number of halogens is 4. The van der Waals surface area contributed by atoms with Gasteiger partial charge in [-0.3, -0.25) is 4.79 Å². The maximum atomic E-state index is 13.6. The van der Waals surface area contributed by atoms with Crippen LogP contribution in [0.5, 0.6) is 5.75 Å². The molecule has 2 aromatic rings. The van der Waals surface area contributed by atoms with Crippen LogP contribution in [0.15, 0.2) is 22.6 Å². The Labute approximate surface area is 153 Å². The van der Waals surface area contributed by atoms with E-state index < -0.39 is 41.5 Å². The highest BCUT2D eigenvalue weighted by Gasteiger charge is 2.25. The molecule has 1 aromatic heterocycles. The molecule has 146 valence electrons. The fraction of sp³-hybridized carbons (Fsp3) is 0.421. The van der Waals surface area contributed by atoms with Gasteiger partial charge in [0.25, 0.3) is 5.91 Å². The Morgan fingerprint density at radius 2 is 1.81 bits per heavy atom. The lowest BCUT2D eigenvalue weighted by molar-refractivity contribution is 0.0877. The summed E-state index contributed by atoms with van der Waals surface area (Å²) in [6.45, 7) is 1.58. The highest BCUT2D eigenvalue weighted by molar-refractivity contribution is 5.91. The molecule has 1 N–H and O–H groups in total. The highest BCUT2D eigenvalue weighted by atomic mass is 19.2. The van der Waals surface area contributed by atoms with Gasteiger partial charge in [-0.25, -0.2) is 8.78 Å². The lowest BCUT2D eigenvalue weighted by Crippen LogP contribution is -2.40. The molecule has 0 radical (unpaired) electrons. The van der Waals surface area contributed by atoms with Crippen LogP contribution in [-0.2, 0) is 6.61 Å². The summed E-state index contributed by atoms with van der Waals surface area (Å²) in [4.78, 5) is 12.3. The molecule has 0 aliphatic heterocycles. The summed E-state index contributed by atoms with van der Waals surface area (Å²) < 4.78 is 63.6. The largest absolute Gasteiger partial charge is 0.479 e. The zero-order chi connectivity index (χ0) is 19.6. The lowest BCUT2D eigenvalue weighted by Gasteiger charge is -2.29. The molecular formula is C19H19F4NO3. The number of ether oxygens (including phenoxy) is 1. The minimum Gasteiger partial charge on any atom is -0.479 e. The third kappa shape index (κ3) is 4.26. The molecule has 0 saturated heterocycles. The highest BCUT2D eigenvalue weighted by Crippen LogP contribution is 2.28. The van der Waals surface area contributed by atoms with Gasteiger partial charge >= 0.3 is 0 Å². The first-order valence-corrected chi connectivity index (χ1v) is 8.72. The van der Waals surface area contributed by atoms with Gasteiger partial charge in [0.1, 0.15) is 12.4 Å². The van der Waals surface area contributed by atoms with Crippen LogP contribution >= 0.6 is 0 Å². The van der Waals surface area contributed by atoms with Gasteiger partial charge in [0.15, 0.2) is 23.1 Å².